The fourth-order valence-corrected chi connectivity index (χ4v) is 1.47. The summed E-state index contributed by atoms with van der Waals surface area (Å²) in [4.78, 5) is 0. The molecular formula is C14H19NO. The smallest absolute Gasteiger partial charge is 0.149 e. The van der Waals surface area contributed by atoms with Gasteiger partial charge in [0.2, 0.25) is 0 Å². The lowest BCUT2D eigenvalue weighted by molar-refractivity contribution is 0.367. The lowest BCUT2D eigenvalue weighted by Gasteiger charge is -2.10. The van der Waals surface area contributed by atoms with E-state index in [-0.39, 0.29) is 0 Å². The van der Waals surface area contributed by atoms with Gasteiger partial charge >= 0.3 is 0 Å². The fraction of sp³-hybridized carbons (Fsp3) is 0.429. The third-order valence-electron chi connectivity index (χ3n) is 2.45. The topological polar surface area (TPSA) is 21.3 Å². The van der Waals surface area contributed by atoms with Gasteiger partial charge in [-0.05, 0) is 50.6 Å². The number of nitrogens with one attached hydrogen (secondary N) is 1. The summed E-state index contributed by atoms with van der Waals surface area (Å²) in [5, 5.41) is 2.97. The molecular weight excluding hydrogens is 198 g/mol. The Labute approximate surface area is 98.0 Å². The highest BCUT2D eigenvalue weighted by Gasteiger charge is 2.02. The van der Waals surface area contributed by atoms with Crippen LogP contribution in [0.2, 0.25) is 0 Å². The molecule has 2 heteroatoms. The van der Waals surface area contributed by atoms with Gasteiger partial charge in [0, 0.05) is 0 Å². The van der Waals surface area contributed by atoms with Crippen molar-refractivity contribution in [2.24, 2.45) is 0 Å². The molecule has 1 aromatic rings. The first-order chi connectivity index (χ1) is 7.65. The van der Waals surface area contributed by atoms with Crippen LogP contribution in [0.5, 0.6) is 5.75 Å². The first kappa shape index (κ1) is 12.6. The molecule has 1 N–H and O–H groups in total. The molecule has 0 aliphatic heterocycles. The zero-order valence-electron chi connectivity index (χ0n) is 10.5. The summed E-state index contributed by atoms with van der Waals surface area (Å²) in [6.07, 6.45) is 0. The van der Waals surface area contributed by atoms with Crippen molar-refractivity contribution < 1.29 is 4.74 Å². The zero-order chi connectivity index (χ0) is 12.0. The van der Waals surface area contributed by atoms with Crippen molar-refractivity contribution in [3.8, 4) is 17.6 Å². The third kappa shape index (κ3) is 3.60. The van der Waals surface area contributed by atoms with Crippen molar-refractivity contribution in [2.45, 2.75) is 20.8 Å². The predicted octanol–water partition coefficient (Wildman–Crippen LogP) is 2.21. The van der Waals surface area contributed by atoms with E-state index >= 15 is 0 Å². The fourth-order valence-electron chi connectivity index (χ4n) is 1.47. The number of hydrogen-bond acceptors (Lipinski definition) is 2. The van der Waals surface area contributed by atoms with Crippen LogP contribution in [0.4, 0.5) is 0 Å². The molecule has 1 rings (SSSR count). The van der Waals surface area contributed by atoms with Gasteiger partial charge < -0.3 is 10.1 Å². The molecule has 1 aromatic carbocycles. The maximum absolute atomic E-state index is 5.64. The Morgan fingerprint density at radius 1 is 1.19 bits per heavy atom. The van der Waals surface area contributed by atoms with E-state index in [0.717, 1.165) is 5.75 Å². The largest absolute Gasteiger partial charge is 0.481 e. The van der Waals surface area contributed by atoms with Gasteiger partial charge in [-0.3, -0.25) is 0 Å². The number of rotatable bonds is 3. The Morgan fingerprint density at radius 3 is 2.62 bits per heavy atom. The molecule has 0 fully saturated rings. The van der Waals surface area contributed by atoms with Gasteiger partial charge in [0.05, 0.1) is 6.54 Å². The average Bonchev–Trinajstić information content (AvgIpc) is 2.24. The summed E-state index contributed by atoms with van der Waals surface area (Å²) in [6, 6.07) is 4.22. The molecule has 0 saturated carbocycles. The predicted molar refractivity (Wildman–Crippen MR) is 67.9 cm³/mol. The molecule has 0 aliphatic rings. The molecule has 0 unspecified atom stereocenters. The molecule has 86 valence electrons. The van der Waals surface area contributed by atoms with E-state index < -0.39 is 0 Å². The summed E-state index contributed by atoms with van der Waals surface area (Å²) >= 11 is 0. The van der Waals surface area contributed by atoms with Gasteiger partial charge in [0.15, 0.2) is 0 Å². The number of benzene rings is 1. The van der Waals surface area contributed by atoms with E-state index in [9.17, 15) is 0 Å². The van der Waals surface area contributed by atoms with E-state index in [4.69, 9.17) is 4.74 Å². The Kier molecular flexibility index (Phi) is 4.88. The van der Waals surface area contributed by atoms with E-state index in [0.29, 0.717) is 13.2 Å². The molecule has 0 spiro atoms. The van der Waals surface area contributed by atoms with Crippen molar-refractivity contribution in [1.29, 1.82) is 0 Å². The van der Waals surface area contributed by atoms with Gasteiger partial charge in [-0.15, -0.1) is 0 Å². The third-order valence-corrected chi connectivity index (χ3v) is 2.45. The van der Waals surface area contributed by atoms with E-state index in [1.807, 2.05) is 7.05 Å². The van der Waals surface area contributed by atoms with Crippen LogP contribution in [0.1, 0.15) is 16.7 Å². The molecule has 0 aliphatic carbocycles. The van der Waals surface area contributed by atoms with Crippen LogP contribution in [0.3, 0.4) is 0 Å². The highest BCUT2D eigenvalue weighted by molar-refractivity contribution is 5.42. The quantitative estimate of drug-likeness (QED) is 0.784. The van der Waals surface area contributed by atoms with Crippen molar-refractivity contribution in [3.05, 3.63) is 28.8 Å². The van der Waals surface area contributed by atoms with Gasteiger partial charge in [-0.25, -0.2) is 0 Å². The average molecular weight is 217 g/mol. The maximum atomic E-state index is 5.64. The summed E-state index contributed by atoms with van der Waals surface area (Å²) in [6.45, 7) is 7.40. The van der Waals surface area contributed by atoms with Gasteiger partial charge in [0.1, 0.15) is 12.4 Å². The van der Waals surface area contributed by atoms with Crippen molar-refractivity contribution >= 4 is 0 Å². The molecule has 0 amide bonds. The van der Waals surface area contributed by atoms with Crippen LogP contribution >= 0.6 is 0 Å². The summed E-state index contributed by atoms with van der Waals surface area (Å²) < 4.78 is 5.64. The normalized spacial score (nSPS) is 9.50. The minimum atomic E-state index is 0.450. The van der Waals surface area contributed by atoms with Gasteiger partial charge in [-0.1, -0.05) is 17.9 Å². The number of hydrogen-bond donors (Lipinski definition) is 1. The molecule has 0 bridgehead atoms. The second-order valence-electron chi connectivity index (χ2n) is 3.88. The molecule has 0 heterocycles. The van der Waals surface area contributed by atoms with Gasteiger partial charge in [0.25, 0.3) is 0 Å². The van der Waals surface area contributed by atoms with Gasteiger partial charge in [-0.2, -0.15) is 0 Å². The van der Waals surface area contributed by atoms with Crippen LogP contribution in [-0.2, 0) is 0 Å². The first-order valence-electron chi connectivity index (χ1n) is 5.46. The lowest BCUT2D eigenvalue weighted by atomic mass is 10.1. The zero-order valence-corrected chi connectivity index (χ0v) is 10.5. The molecule has 16 heavy (non-hydrogen) atoms. The Bertz CT molecular complexity index is 413. The van der Waals surface area contributed by atoms with Crippen molar-refractivity contribution in [3.63, 3.8) is 0 Å². The van der Waals surface area contributed by atoms with Crippen LogP contribution < -0.4 is 10.1 Å². The van der Waals surface area contributed by atoms with E-state index in [1.54, 1.807) is 0 Å². The number of ether oxygens (including phenoxy) is 1. The van der Waals surface area contributed by atoms with E-state index in [1.165, 1.54) is 16.7 Å². The SMILES string of the molecule is CNCC#CCOc1cc(C)cc(C)c1C. The first-order valence-corrected chi connectivity index (χ1v) is 5.46. The second kappa shape index (κ2) is 6.19. The maximum Gasteiger partial charge on any atom is 0.149 e. The Morgan fingerprint density at radius 2 is 1.94 bits per heavy atom. The molecule has 0 saturated heterocycles. The summed E-state index contributed by atoms with van der Waals surface area (Å²) in [5.74, 6) is 6.88. The van der Waals surface area contributed by atoms with Crippen LogP contribution in [-0.4, -0.2) is 20.2 Å². The monoisotopic (exact) mass is 217 g/mol. The second-order valence-corrected chi connectivity index (χ2v) is 3.88. The Balaban J connectivity index is 2.64. The standard InChI is InChI=1S/C14H19NO/c1-11-9-12(2)13(3)14(10-11)16-8-6-5-7-15-4/h9-10,15H,7-8H2,1-4H3. The van der Waals surface area contributed by atoms with Crippen LogP contribution in [0, 0.1) is 32.6 Å². The highest BCUT2D eigenvalue weighted by Crippen LogP contribution is 2.22. The highest BCUT2D eigenvalue weighted by atomic mass is 16.5. The summed E-state index contributed by atoms with van der Waals surface area (Å²) in [5.41, 5.74) is 3.68. The van der Waals surface area contributed by atoms with Crippen LogP contribution in [0.15, 0.2) is 12.1 Å². The van der Waals surface area contributed by atoms with Crippen molar-refractivity contribution in [1.82, 2.24) is 5.32 Å². The van der Waals surface area contributed by atoms with Crippen LogP contribution in [0.25, 0.3) is 0 Å². The van der Waals surface area contributed by atoms with Crippen molar-refractivity contribution in [2.75, 3.05) is 20.2 Å². The minimum Gasteiger partial charge on any atom is -0.481 e. The molecule has 0 radical (unpaired) electrons. The summed E-state index contributed by atoms with van der Waals surface area (Å²) in [7, 11) is 1.88. The molecule has 2 nitrogen and oxygen atoms in total. The molecule has 0 aromatic heterocycles. The number of aryl methyl sites for hydroxylation is 2. The Hall–Kier alpha value is -1.46. The lowest BCUT2D eigenvalue weighted by Crippen LogP contribution is -2.05. The van der Waals surface area contributed by atoms with E-state index in [2.05, 4.69) is 50.1 Å². The molecule has 0 atom stereocenters. The minimum absolute atomic E-state index is 0.450.